The average molecular weight is 496 g/mol. The number of hydrogen-bond acceptors (Lipinski definition) is 3. The molecule has 0 spiro atoms. The molecule has 0 radical (unpaired) electrons. The monoisotopic (exact) mass is 495 g/mol. The first-order valence-corrected chi connectivity index (χ1v) is 13.9. The Morgan fingerprint density at radius 3 is 2.14 bits per heavy atom. The van der Waals surface area contributed by atoms with Crippen molar-refractivity contribution in [1.82, 2.24) is 14.5 Å². The third kappa shape index (κ3) is 7.11. The fraction of sp³-hybridized carbons (Fsp3) is 0.364. The van der Waals surface area contributed by atoms with Crippen LogP contribution >= 0.6 is 0 Å². The number of imidazole rings is 1. The van der Waals surface area contributed by atoms with E-state index in [0.717, 1.165) is 56.3 Å². The van der Waals surface area contributed by atoms with Crippen LogP contribution in [-0.2, 0) is 19.6 Å². The highest BCUT2D eigenvalue weighted by Crippen LogP contribution is 2.31. The van der Waals surface area contributed by atoms with Gasteiger partial charge >= 0.3 is 0 Å². The maximum absolute atomic E-state index is 5.79. The van der Waals surface area contributed by atoms with Gasteiger partial charge in [-0.3, -0.25) is 4.90 Å². The van der Waals surface area contributed by atoms with Gasteiger partial charge in [-0.25, -0.2) is 4.98 Å². The standard InChI is InChI=1S/C33H41N3O/c1-4-7-22-35(25-27-16-15-21-30(24-27)37-6-3)26-31-32(28-17-11-9-12-18-28)34-33(36(31)23-8-5-2)29-19-13-10-14-20-29/h9-21,24H,4-8,22-23,25-26H2,1-3H3. The Kier molecular flexibility index (Phi) is 9.96. The molecule has 0 atom stereocenters. The molecule has 4 aromatic rings. The van der Waals surface area contributed by atoms with Gasteiger partial charge in [0, 0.05) is 30.8 Å². The van der Waals surface area contributed by atoms with E-state index in [1.807, 2.05) is 13.0 Å². The zero-order valence-electron chi connectivity index (χ0n) is 22.7. The molecule has 1 heterocycles. The van der Waals surface area contributed by atoms with Gasteiger partial charge in [0.15, 0.2) is 0 Å². The third-order valence-electron chi connectivity index (χ3n) is 6.70. The first-order valence-electron chi connectivity index (χ1n) is 13.9. The van der Waals surface area contributed by atoms with Crippen LogP contribution in [0.2, 0.25) is 0 Å². The molecule has 1 aromatic heterocycles. The summed E-state index contributed by atoms with van der Waals surface area (Å²) in [5.74, 6) is 2.01. The van der Waals surface area contributed by atoms with Crippen LogP contribution < -0.4 is 4.74 Å². The van der Waals surface area contributed by atoms with Gasteiger partial charge in [0.25, 0.3) is 0 Å². The van der Waals surface area contributed by atoms with Crippen LogP contribution in [-0.4, -0.2) is 27.6 Å². The minimum atomic E-state index is 0.683. The van der Waals surface area contributed by atoms with Gasteiger partial charge in [-0.1, -0.05) is 99.5 Å². The Bertz CT molecular complexity index is 1220. The lowest BCUT2D eigenvalue weighted by molar-refractivity contribution is 0.245. The van der Waals surface area contributed by atoms with Gasteiger partial charge in [0.1, 0.15) is 11.6 Å². The molecular formula is C33H41N3O. The summed E-state index contributed by atoms with van der Waals surface area (Å²) in [6.07, 6.45) is 4.62. The summed E-state index contributed by atoms with van der Waals surface area (Å²) in [4.78, 5) is 7.88. The normalized spacial score (nSPS) is 11.2. The van der Waals surface area contributed by atoms with Gasteiger partial charge in [-0.05, 0) is 44.0 Å². The number of ether oxygens (including phenoxy) is 1. The molecule has 0 aliphatic heterocycles. The molecular weight excluding hydrogens is 454 g/mol. The Morgan fingerprint density at radius 1 is 0.757 bits per heavy atom. The second-order valence-electron chi connectivity index (χ2n) is 9.61. The molecule has 0 amide bonds. The van der Waals surface area contributed by atoms with Crippen LogP contribution in [0.5, 0.6) is 5.75 Å². The summed E-state index contributed by atoms with van der Waals surface area (Å²) in [6.45, 7) is 11.0. The van der Waals surface area contributed by atoms with Crippen molar-refractivity contribution in [1.29, 1.82) is 0 Å². The first kappa shape index (κ1) is 26.7. The predicted molar refractivity (Wildman–Crippen MR) is 155 cm³/mol. The van der Waals surface area contributed by atoms with Gasteiger partial charge in [-0.15, -0.1) is 0 Å². The molecule has 0 saturated carbocycles. The van der Waals surface area contributed by atoms with E-state index in [2.05, 4.69) is 102 Å². The second kappa shape index (κ2) is 13.8. The molecule has 0 unspecified atom stereocenters. The molecule has 4 nitrogen and oxygen atoms in total. The van der Waals surface area contributed by atoms with Gasteiger partial charge in [0.05, 0.1) is 18.0 Å². The number of benzene rings is 3. The van der Waals surface area contributed by atoms with Crippen molar-refractivity contribution >= 4 is 0 Å². The predicted octanol–water partition coefficient (Wildman–Crippen LogP) is 8.22. The summed E-state index contributed by atoms with van der Waals surface area (Å²) in [5.41, 5.74) is 6.03. The molecule has 0 N–H and O–H groups in total. The van der Waals surface area contributed by atoms with Crippen molar-refractivity contribution in [2.45, 2.75) is 66.1 Å². The molecule has 0 aliphatic rings. The van der Waals surface area contributed by atoms with E-state index >= 15 is 0 Å². The highest BCUT2D eigenvalue weighted by atomic mass is 16.5. The lowest BCUT2D eigenvalue weighted by Gasteiger charge is -2.24. The Balaban J connectivity index is 1.76. The number of aromatic nitrogens is 2. The molecule has 37 heavy (non-hydrogen) atoms. The molecule has 0 bridgehead atoms. The Morgan fingerprint density at radius 2 is 1.46 bits per heavy atom. The van der Waals surface area contributed by atoms with E-state index in [4.69, 9.17) is 9.72 Å². The molecule has 194 valence electrons. The third-order valence-corrected chi connectivity index (χ3v) is 6.70. The summed E-state index contributed by atoms with van der Waals surface area (Å²) < 4.78 is 8.27. The zero-order valence-corrected chi connectivity index (χ0v) is 22.7. The number of unbranched alkanes of at least 4 members (excludes halogenated alkanes) is 2. The van der Waals surface area contributed by atoms with Crippen molar-refractivity contribution in [3.8, 4) is 28.4 Å². The minimum Gasteiger partial charge on any atom is -0.494 e. The van der Waals surface area contributed by atoms with Crippen LogP contribution in [0.25, 0.3) is 22.6 Å². The summed E-state index contributed by atoms with van der Waals surface area (Å²) in [5, 5.41) is 0. The highest BCUT2D eigenvalue weighted by molar-refractivity contribution is 5.68. The smallest absolute Gasteiger partial charge is 0.140 e. The maximum Gasteiger partial charge on any atom is 0.140 e. The van der Waals surface area contributed by atoms with E-state index in [0.29, 0.717) is 6.61 Å². The van der Waals surface area contributed by atoms with E-state index in [1.165, 1.54) is 35.2 Å². The molecule has 4 heteroatoms. The lowest BCUT2D eigenvalue weighted by Crippen LogP contribution is -2.26. The van der Waals surface area contributed by atoms with Gasteiger partial charge in [-0.2, -0.15) is 0 Å². The van der Waals surface area contributed by atoms with Gasteiger partial charge < -0.3 is 9.30 Å². The van der Waals surface area contributed by atoms with E-state index < -0.39 is 0 Å². The number of hydrogen-bond donors (Lipinski definition) is 0. The molecule has 0 saturated heterocycles. The largest absolute Gasteiger partial charge is 0.494 e. The molecule has 4 rings (SSSR count). The van der Waals surface area contributed by atoms with Crippen LogP contribution in [0, 0.1) is 0 Å². The lowest BCUT2D eigenvalue weighted by atomic mass is 10.1. The molecule has 0 aliphatic carbocycles. The van der Waals surface area contributed by atoms with E-state index in [-0.39, 0.29) is 0 Å². The summed E-state index contributed by atoms with van der Waals surface area (Å²) in [7, 11) is 0. The van der Waals surface area contributed by atoms with Crippen molar-refractivity contribution in [3.05, 3.63) is 96.2 Å². The van der Waals surface area contributed by atoms with E-state index in [1.54, 1.807) is 0 Å². The molecule has 3 aromatic carbocycles. The van der Waals surface area contributed by atoms with Crippen LogP contribution in [0.3, 0.4) is 0 Å². The first-order chi connectivity index (χ1) is 18.2. The fourth-order valence-corrected chi connectivity index (χ4v) is 4.80. The zero-order chi connectivity index (χ0) is 25.9. The second-order valence-corrected chi connectivity index (χ2v) is 9.61. The van der Waals surface area contributed by atoms with Crippen LogP contribution in [0.15, 0.2) is 84.9 Å². The average Bonchev–Trinajstić information content (AvgIpc) is 3.29. The van der Waals surface area contributed by atoms with Crippen LogP contribution in [0.4, 0.5) is 0 Å². The quantitative estimate of drug-likeness (QED) is 0.176. The fourth-order valence-electron chi connectivity index (χ4n) is 4.80. The van der Waals surface area contributed by atoms with Crippen LogP contribution in [0.1, 0.15) is 57.7 Å². The van der Waals surface area contributed by atoms with Crippen molar-refractivity contribution in [2.75, 3.05) is 13.2 Å². The topological polar surface area (TPSA) is 30.3 Å². The van der Waals surface area contributed by atoms with Crippen molar-refractivity contribution in [3.63, 3.8) is 0 Å². The number of nitrogens with zero attached hydrogens (tertiary/aromatic N) is 3. The van der Waals surface area contributed by atoms with Crippen molar-refractivity contribution < 1.29 is 4.74 Å². The summed E-state index contributed by atoms with van der Waals surface area (Å²) >= 11 is 0. The SMILES string of the molecule is CCCCN(Cc1cccc(OCC)c1)Cc1c(-c2ccccc2)nc(-c2ccccc2)n1CCCC. The van der Waals surface area contributed by atoms with Crippen molar-refractivity contribution in [2.24, 2.45) is 0 Å². The van der Waals surface area contributed by atoms with Gasteiger partial charge in [0.2, 0.25) is 0 Å². The maximum atomic E-state index is 5.79. The molecule has 0 fully saturated rings. The minimum absolute atomic E-state index is 0.683. The number of rotatable bonds is 14. The summed E-state index contributed by atoms with van der Waals surface area (Å²) in [6, 6.07) is 29.9. The Labute approximate surface area is 222 Å². The highest BCUT2D eigenvalue weighted by Gasteiger charge is 2.21. The van der Waals surface area contributed by atoms with E-state index in [9.17, 15) is 0 Å². The Hall–Kier alpha value is -3.37.